The Kier molecular flexibility index (Phi) is 5.24. The molecule has 0 aliphatic heterocycles. The van der Waals surface area contributed by atoms with Gasteiger partial charge in [-0.3, -0.25) is 14.0 Å². The van der Waals surface area contributed by atoms with Gasteiger partial charge in [-0.05, 0) is 36.4 Å². The summed E-state index contributed by atoms with van der Waals surface area (Å²) in [6, 6.07) is 14.4. The van der Waals surface area contributed by atoms with Crippen LogP contribution in [0.1, 0.15) is 20.8 Å². The lowest BCUT2D eigenvalue weighted by molar-refractivity contribution is 0.0821. The van der Waals surface area contributed by atoms with Gasteiger partial charge in [-0.15, -0.1) is 11.3 Å². The predicted molar refractivity (Wildman–Crippen MR) is 117 cm³/mol. The highest BCUT2D eigenvalue weighted by Gasteiger charge is 2.16. The van der Waals surface area contributed by atoms with Crippen molar-refractivity contribution in [1.82, 2.24) is 14.3 Å². The highest BCUT2D eigenvalue weighted by Crippen LogP contribution is 2.25. The minimum absolute atomic E-state index is 0.0678. The van der Waals surface area contributed by atoms with E-state index in [4.69, 9.17) is 4.74 Å². The summed E-state index contributed by atoms with van der Waals surface area (Å²) >= 11 is 1.43. The molecule has 0 aliphatic rings. The molecule has 0 fully saturated rings. The fraction of sp³-hybridized carbons (Fsp3) is 0.136. The SMILES string of the molecule is COc1ccc(C(=O)Nc2ccc(-c3cn4c(C(=O)N(C)C)csc4n3)cc2)cc1. The Labute approximate surface area is 177 Å². The van der Waals surface area contributed by atoms with Crippen LogP contribution >= 0.6 is 11.3 Å². The van der Waals surface area contributed by atoms with E-state index in [-0.39, 0.29) is 11.8 Å². The van der Waals surface area contributed by atoms with Crippen LogP contribution in [0.2, 0.25) is 0 Å². The van der Waals surface area contributed by atoms with Crippen molar-refractivity contribution in [2.24, 2.45) is 0 Å². The van der Waals surface area contributed by atoms with E-state index in [9.17, 15) is 9.59 Å². The summed E-state index contributed by atoms with van der Waals surface area (Å²) in [4.78, 5) is 31.6. The van der Waals surface area contributed by atoms with Gasteiger partial charge in [0.1, 0.15) is 11.4 Å². The average molecular weight is 420 g/mol. The highest BCUT2D eigenvalue weighted by atomic mass is 32.1. The minimum Gasteiger partial charge on any atom is -0.497 e. The summed E-state index contributed by atoms with van der Waals surface area (Å²) in [5.74, 6) is 0.438. The zero-order valence-electron chi connectivity index (χ0n) is 16.7. The normalized spacial score (nSPS) is 10.8. The first-order valence-corrected chi connectivity index (χ1v) is 10.1. The van der Waals surface area contributed by atoms with E-state index in [2.05, 4.69) is 10.3 Å². The smallest absolute Gasteiger partial charge is 0.271 e. The summed E-state index contributed by atoms with van der Waals surface area (Å²) in [6.45, 7) is 0. The lowest BCUT2D eigenvalue weighted by Gasteiger charge is -2.08. The number of carbonyl (C=O) groups is 2. The molecule has 4 aromatic rings. The van der Waals surface area contributed by atoms with Crippen molar-refractivity contribution >= 4 is 33.8 Å². The maximum absolute atomic E-state index is 12.4. The van der Waals surface area contributed by atoms with Crippen molar-refractivity contribution in [3.05, 3.63) is 71.4 Å². The van der Waals surface area contributed by atoms with Crippen molar-refractivity contribution in [3.8, 4) is 17.0 Å². The predicted octanol–water partition coefficient (Wildman–Crippen LogP) is 4.03. The summed E-state index contributed by atoms with van der Waals surface area (Å²) in [6.07, 6.45) is 1.85. The van der Waals surface area contributed by atoms with Crippen LogP contribution < -0.4 is 10.1 Å². The second kappa shape index (κ2) is 8.00. The zero-order chi connectivity index (χ0) is 21.3. The van der Waals surface area contributed by atoms with E-state index in [0.29, 0.717) is 22.7 Å². The Morgan fingerprint density at radius 3 is 2.40 bits per heavy atom. The van der Waals surface area contributed by atoms with Crippen LogP contribution in [0.3, 0.4) is 0 Å². The first-order valence-electron chi connectivity index (χ1n) is 9.20. The Bertz CT molecular complexity index is 1210. The number of carbonyl (C=O) groups excluding carboxylic acids is 2. The molecule has 1 N–H and O–H groups in total. The Balaban J connectivity index is 1.52. The molecule has 2 amide bonds. The molecule has 7 nitrogen and oxygen atoms in total. The third-order valence-electron chi connectivity index (χ3n) is 4.63. The van der Waals surface area contributed by atoms with Gasteiger partial charge in [0.25, 0.3) is 11.8 Å². The number of thiazole rings is 1. The standard InChI is InChI=1S/C22H20N4O3S/c1-25(2)21(28)19-13-30-22-24-18(12-26(19)22)14-4-8-16(9-5-14)23-20(27)15-6-10-17(29-3)11-7-15/h4-13H,1-3H3,(H,23,27). The molecule has 0 atom stereocenters. The monoisotopic (exact) mass is 420 g/mol. The van der Waals surface area contributed by atoms with Crippen LogP contribution in [-0.4, -0.2) is 47.3 Å². The summed E-state index contributed by atoms with van der Waals surface area (Å²) in [7, 11) is 5.03. The van der Waals surface area contributed by atoms with Gasteiger partial charge in [-0.25, -0.2) is 4.98 Å². The lowest BCUT2D eigenvalue weighted by Crippen LogP contribution is -2.22. The number of ether oxygens (including phenoxy) is 1. The van der Waals surface area contributed by atoms with Crippen LogP contribution in [0.5, 0.6) is 5.75 Å². The molecule has 0 saturated heterocycles. The third kappa shape index (κ3) is 3.77. The quantitative estimate of drug-likeness (QED) is 0.529. The van der Waals surface area contributed by atoms with E-state index in [0.717, 1.165) is 16.2 Å². The van der Waals surface area contributed by atoms with Crippen LogP contribution in [0.4, 0.5) is 5.69 Å². The van der Waals surface area contributed by atoms with E-state index < -0.39 is 0 Å². The number of benzene rings is 2. The largest absolute Gasteiger partial charge is 0.497 e. The minimum atomic E-state index is -0.195. The number of hydrogen-bond donors (Lipinski definition) is 1. The molecule has 8 heteroatoms. The maximum Gasteiger partial charge on any atom is 0.271 e. The van der Waals surface area contributed by atoms with E-state index >= 15 is 0 Å². The number of methoxy groups -OCH3 is 1. The van der Waals surface area contributed by atoms with Crippen LogP contribution in [-0.2, 0) is 0 Å². The summed E-state index contributed by atoms with van der Waals surface area (Å²) in [5.41, 5.74) is 3.48. The van der Waals surface area contributed by atoms with E-state index in [1.165, 1.54) is 11.3 Å². The second-order valence-electron chi connectivity index (χ2n) is 6.86. The van der Waals surface area contributed by atoms with E-state index in [1.54, 1.807) is 50.4 Å². The third-order valence-corrected chi connectivity index (χ3v) is 5.47. The Morgan fingerprint density at radius 2 is 1.77 bits per heavy atom. The van der Waals surface area contributed by atoms with Gasteiger partial charge in [-0.1, -0.05) is 12.1 Å². The average Bonchev–Trinajstić information content (AvgIpc) is 3.34. The molecule has 2 aromatic carbocycles. The highest BCUT2D eigenvalue weighted by molar-refractivity contribution is 7.15. The van der Waals surface area contributed by atoms with Crippen molar-refractivity contribution in [1.29, 1.82) is 0 Å². The number of amides is 2. The number of rotatable bonds is 5. The molecule has 30 heavy (non-hydrogen) atoms. The molecule has 0 radical (unpaired) electrons. The molecule has 0 unspecified atom stereocenters. The van der Waals surface area contributed by atoms with Gasteiger partial charge in [0.2, 0.25) is 0 Å². The van der Waals surface area contributed by atoms with Crippen LogP contribution in [0, 0.1) is 0 Å². The first kappa shape index (κ1) is 19.7. The Hall–Kier alpha value is -3.65. The van der Waals surface area contributed by atoms with Crippen molar-refractivity contribution < 1.29 is 14.3 Å². The van der Waals surface area contributed by atoms with E-state index in [1.807, 2.05) is 40.2 Å². The van der Waals surface area contributed by atoms with Gasteiger partial charge in [0.05, 0.1) is 12.8 Å². The lowest BCUT2D eigenvalue weighted by atomic mass is 10.1. The molecule has 0 spiro atoms. The van der Waals surface area contributed by atoms with Crippen molar-refractivity contribution in [3.63, 3.8) is 0 Å². The Morgan fingerprint density at radius 1 is 1.07 bits per heavy atom. The van der Waals surface area contributed by atoms with Crippen molar-refractivity contribution in [2.45, 2.75) is 0 Å². The maximum atomic E-state index is 12.4. The molecule has 0 bridgehead atoms. The number of anilines is 1. The van der Waals surface area contributed by atoms with Gasteiger partial charge < -0.3 is 15.0 Å². The summed E-state index contributed by atoms with van der Waals surface area (Å²) < 4.78 is 6.92. The molecule has 2 aromatic heterocycles. The molecule has 4 rings (SSSR count). The van der Waals surface area contributed by atoms with Gasteiger partial charge in [0.15, 0.2) is 4.96 Å². The van der Waals surface area contributed by atoms with Crippen LogP contribution in [0.15, 0.2) is 60.1 Å². The summed E-state index contributed by atoms with van der Waals surface area (Å²) in [5, 5.41) is 4.69. The molecule has 2 heterocycles. The van der Waals surface area contributed by atoms with Crippen molar-refractivity contribution in [2.75, 3.05) is 26.5 Å². The fourth-order valence-corrected chi connectivity index (χ4v) is 3.82. The van der Waals surface area contributed by atoms with Crippen LogP contribution in [0.25, 0.3) is 16.2 Å². The molecule has 152 valence electrons. The topological polar surface area (TPSA) is 75.9 Å². The molecule has 0 saturated carbocycles. The number of hydrogen-bond acceptors (Lipinski definition) is 5. The number of aromatic nitrogens is 2. The molecular formula is C22H20N4O3S. The molecular weight excluding hydrogens is 400 g/mol. The fourth-order valence-electron chi connectivity index (χ4n) is 2.98. The first-order chi connectivity index (χ1) is 14.5. The number of nitrogens with zero attached hydrogens (tertiary/aromatic N) is 3. The second-order valence-corrected chi connectivity index (χ2v) is 7.70. The number of nitrogens with one attached hydrogen (secondary N) is 1. The number of fused-ring (bicyclic) bond motifs is 1. The van der Waals surface area contributed by atoms with Gasteiger partial charge >= 0.3 is 0 Å². The molecule has 0 aliphatic carbocycles. The van der Waals surface area contributed by atoms with Gasteiger partial charge in [0, 0.05) is 42.5 Å². The van der Waals surface area contributed by atoms with Gasteiger partial charge in [-0.2, -0.15) is 0 Å². The zero-order valence-corrected chi connectivity index (χ0v) is 17.6. The number of imidazole rings is 1.